The Kier molecular flexibility index (Phi) is 4.76. The highest BCUT2D eigenvalue weighted by Crippen LogP contribution is 2.31. The van der Waals surface area contributed by atoms with Gasteiger partial charge in [-0.25, -0.2) is 9.97 Å². The first-order valence-electron chi connectivity index (χ1n) is 8.67. The molecule has 0 saturated carbocycles. The maximum atomic E-state index is 5.45. The average molecular weight is 381 g/mol. The Morgan fingerprint density at radius 1 is 1.26 bits per heavy atom. The quantitative estimate of drug-likeness (QED) is 0.642. The summed E-state index contributed by atoms with van der Waals surface area (Å²) < 4.78 is 0. The van der Waals surface area contributed by atoms with E-state index in [1.807, 2.05) is 37.9 Å². The molecule has 0 fully saturated rings. The van der Waals surface area contributed by atoms with Crippen LogP contribution in [-0.2, 0) is 4.84 Å². The van der Waals surface area contributed by atoms with E-state index in [0.29, 0.717) is 17.3 Å². The van der Waals surface area contributed by atoms with Gasteiger partial charge in [-0.05, 0) is 26.0 Å². The highest BCUT2D eigenvalue weighted by atomic mass is 32.1. The molecule has 0 atom stereocenters. The molecule has 8 nitrogen and oxygen atoms in total. The molecule has 0 bridgehead atoms. The summed E-state index contributed by atoms with van der Waals surface area (Å²) in [5.74, 6) is 1.25. The summed E-state index contributed by atoms with van der Waals surface area (Å²) in [4.78, 5) is 21.7. The van der Waals surface area contributed by atoms with E-state index in [1.165, 1.54) is 11.3 Å². The van der Waals surface area contributed by atoms with Crippen LogP contribution in [0.25, 0.3) is 21.3 Å². The smallest absolute Gasteiger partial charge is 0.194 e. The molecule has 1 aliphatic rings. The summed E-state index contributed by atoms with van der Waals surface area (Å²) >= 11 is 1.51. The van der Waals surface area contributed by atoms with E-state index in [2.05, 4.69) is 25.3 Å². The lowest BCUT2D eigenvalue weighted by Gasteiger charge is -2.25. The monoisotopic (exact) mass is 381 g/mol. The van der Waals surface area contributed by atoms with Gasteiger partial charge in [0.1, 0.15) is 22.5 Å². The van der Waals surface area contributed by atoms with Crippen LogP contribution in [0.2, 0.25) is 0 Å². The topological polar surface area (TPSA) is 89.3 Å². The second kappa shape index (κ2) is 7.36. The molecule has 3 aromatic rings. The lowest BCUT2D eigenvalue weighted by molar-refractivity contribution is 0.0855. The molecule has 0 N–H and O–H groups in total. The van der Waals surface area contributed by atoms with Crippen molar-refractivity contribution in [2.45, 2.75) is 26.4 Å². The summed E-state index contributed by atoms with van der Waals surface area (Å²) in [5.41, 5.74) is 2.47. The number of thiazole rings is 1. The molecule has 3 aromatic heterocycles. The van der Waals surface area contributed by atoms with Crippen LogP contribution in [0.4, 0.5) is 5.82 Å². The molecule has 0 radical (unpaired) electrons. The summed E-state index contributed by atoms with van der Waals surface area (Å²) in [6.45, 7) is 4.69. The molecule has 0 amide bonds. The lowest BCUT2D eigenvalue weighted by atomic mass is 10.1. The fraction of sp³-hybridized carbons (Fsp3) is 0.333. The maximum absolute atomic E-state index is 5.45. The van der Waals surface area contributed by atoms with Gasteiger partial charge in [0, 0.05) is 44.2 Å². The normalized spacial score (nSPS) is 15.3. The number of pyridine rings is 1. The van der Waals surface area contributed by atoms with E-state index in [4.69, 9.17) is 9.82 Å². The van der Waals surface area contributed by atoms with Gasteiger partial charge in [-0.2, -0.15) is 0 Å². The SMILES string of the molecule is CC(C)O/N=C1\CCN(C)c2nnc(-c3cnc(-c4cccnc4)s3)nc21. The molecule has 0 aliphatic carbocycles. The van der Waals surface area contributed by atoms with Gasteiger partial charge >= 0.3 is 0 Å². The van der Waals surface area contributed by atoms with Crippen molar-refractivity contribution >= 4 is 22.9 Å². The number of nitrogens with zero attached hydrogens (tertiary/aromatic N) is 7. The van der Waals surface area contributed by atoms with E-state index < -0.39 is 0 Å². The number of fused-ring (bicyclic) bond motifs is 1. The molecule has 27 heavy (non-hydrogen) atoms. The number of anilines is 1. The lowest BCUT2D eigenvalue weighted by Crippen LogP contribution is -2.31. The third kappa shape index (κ3) is 3.63. The van der Waals surface area contributed by atoms with Crippen LogP contribution in [0.3, 0.4) is 0 Å². The molecule has 0 unspecified atom stereocenters. The van der Waals surface area contributed by atoms with E-state index in [0.717, 1.165) is 34.1 Å². The van der Waals surface area contributed by atoms with Crippen molar-refractivity contribution in [3.8, 4) is 21.3 Å². The molecular weight excluding hydrogens is 362 g/mol. The van der Waals surface area contributed by atoms with Gasteiger partial charge in [0.05, 0.1) is 4.88 Å². The Labute approximate surface area is 161 Å². The first-order chi connectivity index (χ1) is 13.1. The number of hydrogen-bond acceptors (Lipinski definition) is 9. The van der Waals surface area contributed by atoms with Crippen molar-refractivity contribution in [2.24, 2.45) is 5.16 Å². The fourth-order valence-corrected chi connectivity index (χ4v) is 3.47. The maximum Gasteiger partial charge on any atom is 0.194 e. The minimum absolute atomic E-state index is 0.0124. The third-order valence-corrected chi connectivity index (χ3v) is 5.04. The van der Waals surface area contributed by atoms with Crippen molar-refractivity contribution in [2.75, 3.05) is 18.5 Å². The van der Waals surface area contributed by atoms with Crippen molar-refractivity contribution < 1.29 is 4.84 Å². The van der Waals surface area contributed by atoms with Crippen LogP contribution in [-0.4, -0.2) is 50.6 Å². The summed E-state index contributed by atoms with van der Waals surface area (Å²) in [5, 5.41) is 13.8. The van der Waals surface area contributed by atoms with E-state index in [-0.39, 0.29) is 6.10 Å². The second-order valence-electron chi connectivity index (χ2n) is 6.44. The number of hydrogen-bond donors (Lipinski definition) is 0. The Morgan fingerprint density at radius 2 is 2.15 bits per heavy atom. The van der Waals surface area contributed by atoms with E-state index in [1.54, 1.807) is 18.6 Å². The number of oxime groups is 1. The van der Waals surface area contributed by atoms with Crippen molar-refractivity contribution in [1.82, 2.24) is 25.1 Å². The van der Waals surface area contributed by atoms with Crippen molar-refractivity contribution in [1.29, 1.82) is 0 Å². The standard InChI is InChI=1S/C18H19N7OS/c1-11(2)26-24-13-6-8-25(3)17-15(13)21-16(22-23-17)14-10-20-18(27-14)12-5-4-7-19-9-12/h4-5,7,9-11H,6,8H2,1-3H3/b24-13+. The Bertz CT molecular complexity index is 971. The average Bonchev–Trinajstić information content (AvgIpc) is 3.18. The van der Waals surface area contributed by atoms with Crippen molar-refractivity contribution in [3.05, 3.63) is 36.4 Å². The molecule has 138 valence electrons. The van der Waals surface area contributed by atoms with E-state index >= 15 is 0 Å². The van der Waals surface area contributed by atoms with Gasteiger partial charge in [-0.15, -0.1) is 21.5 Å². The predicted molar refractivity (Wildman–Crippen MR) is 105 cm³/mol. The molecule has 4 rings (SSSR count). The molecular formula is C18H19N7OS. The van der Waals surface area contributed by atoms with Gasteiger partial charge in [0.15, 0.2) is 11.6 Å². The highest BCUT2D eigenvalue weighted by molar-refractivity contribution is 7.18. The van der Waals surface area contributed by atoms with Crippen LogP contribution in [0, 0.1) is 0 Å². The van der Waals surface area contributed by atoms with E-state index in [9.17, 15) is 0 Å². The zero-order valence-corrected chi connectivity index (χ0v) is 16.1. The summed E-state index contributed by atoms with van der Waals surface area (Å²) in [6.07, 6.45) is 6.06. The fourth-order valence-electron chi connectivity index (χ4n) is 2.63. The minimum Gasteiger partial charge on any atom is -0.393 e. The van der Waals surface area contributed by atoms with Gasteiger partial charge in [0.2, 0.25) is 0 Å². The molecule has 0 saturated heterocycles. The zero-order valence-electron chi connectivity index (χ0n) is 15.3. The summed E-state index contributed by atoms with van der Waals surface area (Å²) in [6, 6.07) is 3.87. The van der Waals surface area contributed by atoms with Crippen LogP contribution in [0.1, 0.15) is 26.0 Å². The largest absolute Gasteiger partial charge is 0.393 e. The van der Waals surface area contributed by atoms with Gasteiger partial charge in [-0.1, -0.05) is 5.16 Å². The third-order valence-electron chi connectivity index (χ3n) is 4.00. The van der Waals surface area contributed by atoms with Crippen LogP contribution in [0.5, 0.6) is 0 Å². The minimum atomic E-state index is 0.0124. The van der Waals surface area contributed by atoms with Gasteiger partial charge < -0.3 is 9.74 Å². The second-order valence-corrected chi connectivity index (χ2v) is 7.47. The molecule has 9 heteroatoms. The molecule has 4 heterocycles. The number of rotatable bonds is 4. The Balaban J connectivity index is 1.71. The predicted octanol–water partition coefficient (Wildman–Crippen LogP) is 3.03. The van der Waals surface area contributed by atoms with Crippen LogP contribution in [0.15, 0.2) is 35.9 Å². The molecule has 1 aliphatic heterocycles. The first-order valence-corrected chi connectivity index (χ1v) is 9.49. The Morgan fingerprint density at radius 3 is 2.93 bits per heavy atom. The first kappa shape index (κ1) is 17.5. The Hall–Kier alpha value is -2.94. The zero-order chi connectivity index (χ0) is 18.8. The van der Waals surface area contributed by atoms with Crippen LogP contribution >= 0.6 is 11.3 Å². The van der Waals surface area contributed by atoms with Crippen LogP contribution < -0.4 is 4.90 Å². The van der Waals surface area contributed by atoms with Gasteiger partial charge in [0.25, 0.3) is 0 Å². The number of aromatic nitrogens is 5. The van der Waals surface area contributed by atoms with Crippen molar-refractivity contribution in [3.63, 3.8) is 0 Å². The summed E-state index contributed by atoms with van der Waals surface area (Å²) in [7, 11) is 1.97. The molecule has 0 spiro atoms. The molecule has 0 aromatic carbocycles. The van der Waals surface area contributed by atoms with Gasteiger partial charge in [-0.3, -0.25) is 4.98 Å². The highest BCUT2D eigenvalue weighted by Gasteiger charge is 2.25.